The van der Waals surface area contributed by atoms with E-state index >= 15 is 0 Å². The van der Waals surface area contributed by atoms with Crippen molar-refractivity contribution in [1.29, 1.82) is 0 Å². The number of amidine groups is 1. The minimum Gasteiger partial charge on any atom is -0.497 e. The molecule has 6 nitrogen and oxygen atoms in total. The molecule has 0 N–H and O–H groups in total. The summed E-state index contributed by atoms with van der Waals surface area (Å²) in [7, 11) is -1.49. The summed E-state index contributed by atoms with van der Waals surface area (Å²) < 4.78 is 29.5. The van der Waals surface area contributed by atoms with Crippen molar-refractivity contribution in [2.45, 2.75) is 24.1 Å². The molecule has 0 bridgehead atoms. The van der Waals surface area contributed by atoms with Crippen LogP contribution in [0.3, 0.4) is 0 Å². The van der Waals surface area contributed by atoms with E-state index in [0.29, 0.717) is 23.8 Å². The number of methoxy groups -OCH3 is 1. The second-order valence-corrected chi connectivity index (χ2v) is 10.5. The number of ether oxygens (including phenoxy) is 1. The standard InChI is InChI=1S/C21H22N2O4S2/c1-27-17-10-8-16(9-11-17)23-18-13-29(25,26)14-19(18)28-21(23)22-20(24)12-7-15-5-3-2-4-6-15/h2-6,8-11,18-19H,7,12-14H2,1H3. The second kappa shape index (κ2) is 8.20. The number of rotatable bonds is 5. The van der Waals surface area contributed by atoms with Gasteiger partial charge in [-0.25, -0.2) is 8.42 Å². The Labute approximate surface area is 174 Å². The lowest BCUT2D eigenvalue weighted by Gasteiger charge is -2.24. The van der Waals surface area contributed by atoms with E-state index in [-0.39, 0.29) is 28.7 Å². The number of fused-ring (bicyclic) bond motifs is 1. The number of benzene rings is 2. The molecule has 1 amide bonds. The summed E-state index contributed by atoms with van der Waals surface area (Å²) in [4.78, 5) is 18.8. The maximum absolute atomic E-state index is 12.5. The summed E-state index contributed by atoms with van der Waals surface area (Å²) in [5.41, 5.74) is 1.91. The quantitative estimate of drug-likeness (QED) is 0.726. The molecule has 152 valence electrons. The Balaban J connectivity index is 1.57. The summed E-state index contributed by atoms with van der Waals surface area (Å²) in [5, 5.41) is 0.473. The van der Waals surface area contributed by atoms with E-state index in [4.69, 9.17) is 4.74 Å². The Morgan fingerprint density at radius 2 is 1.86 bits per heavy atom. The second-order valence-electron chi connectivity index (χ2n) is 7.14. The fourth-order valence-corrected chi connectivity index (χ4v) is 7.60. The van der Waals surface area contributed by atoms with Crippen LogP contribution in [0.1, 0.15) is 12.0 Å². The van der Waals surface area contributed by atoms with Crippen molar-refractivity contribution < 1.29 is 17.9 Å². The fraction of sp³-hybridized carbons (Fsp3) is 0.333. The third-order valence-electron chi connectivity index (χ3n) is 5.11. The maximum Gasteiger partial charge on any atom is 0.248 e. The number of thioether (sulfide) groups is 1. The van der Waals surface area contributed by atoms with Crippen molar-refractivity contribution in [3.63, 3.8) is 0 Å². The number of aliphatic imine (C=N–C) groups is 1. The van der Waals surface area contributed by atoms with E-state index in [9.17, 15) is 13.2 Å². The average Bonchev–Trinajstić information content (AvgIpc) is 3.18. The molecule has 0 spiro atoms. The van der Waals surface area contributed by atoms with Crippen molar-refractivity contribution in [2.24, 2.45) is 4.99 Å². The van der Waals surface area contributed by atoms with Crippen LogP contribution in [-0.4, -0.2) is 49.4 Å². The monoisotopic (exact) mass is 430 g/mol. The van der Waals surface area contributed by atoms with Gasteiger partial charge in [-0.1, -0.05) is 42.1 Å². The van der Waals surface area contributed by atoms with E-state index in [0.717, 1.165) is 11.3 Å². The number of sulfone groups is 1. The number of amides is 1. The molecule has 29 heavy (non-hydrogen) atoms. The molecule has 2 aliphatic heterocycles. The van der Waals surface area contributed by atoms with Crippen molar-refractivity contribution in [3.05, 3.63) is 60.2 Å². The molecule has 8 heteroatoms. The molecular formula is C21H22N2O4S2. The van der Waals surface area contributed by atoms with Gasteiger partial charge in [-0.3, -0.25) is 4.79 Å². The molecule has 2 aromatic carbocycles. The predicted molar refractivity (Wildman–Crippen MR) is 116 cm³/mol. The van der Waals surface area contributed by atoms with Crippen LogP contribution >= 0.6 is 11.8 Å². The van der Waals surface area contributed by atoms with Gasteiger partial charge in [0.05, 0.1) is 24.7 Å². The summed E-state index contributed by atoms with van der Waals surface area (Å²) in [6.07, 6.45) is 0.947. The van der Waals surface area contributed by atoms with E-state index in [2.05, 4.69) is 4.99 Å². The van der Waals surface area contributed by atoms with Gasteiger partial charge in [0.25, 0.3) is 0 Å². The van der Waals surface area contributed by atoms with E-state index in [1.165, 1.54) is 11.8 Å². The molecule has 0 aliphatic carbocycles. The van der Waals surface area contributed by atoms with Crippen LogP contribution in [0.2, 0.25) is 0 Å². The summed E-state index contributed by atoms with van der Waals surface area (Å²) in [6, 6.07) is 17.0. The predicted octanol–water partition coefficient (Wildman–Crippen LogP) is 2.93. The molecule has 4 rings (SSSR count). The number of nitrogens with zero attached hydrogens (tertiary/aromatic N) is 2. The van der Waals surface area contributed by atoms with Gasteiger partial charge in [-0.15, -0.1) is 0 Å². The highest BCUT2D eigenvalue weighted by Gasteiger charge is 2.49. The van der Waals surface area contributed by atoms with Crippen LogP contribution in [0, 0.1) is 0 Å². The Kier molecular flexibility index (Phi) is 5.65. The number of carbonyl (C=O) groups excluding carboxylic acids is 1. The van der Waals surface area contributed by atoms with Crippen LogP contribution in [0.4, 0.5) is 5.69 Å². The van der Waals surface area contributed by atoms with Crippen molar-refractivity contribution in [3.8, 4) is 5.75 Å². The van der Waals surface area contributed by atoms with E-state index in [1.54, 1.807) is 7.11 Å². The highest BCUT2D eigenvalue weighted by atomic mass is 32.2. The van der Waals surface area contributed by atoms with E-state index in [1.807, 2.05) is 59.5 Å². The fourth-order valence-electron chi connectivity index (χ4n) is 3.67. The van der Waals surface area contributed by atoms with Crippen LogP contribution < -0.4 is 9.64 Å². The molecule has 0 radical (unpaired) electrons. The number of hydrogen-bond donors (Lipinski definition) is 0. The zero-order valence-electron chi connectivity index (χ0n) is 16.0. The van der Waals surface area contributed by atoms with E-state index < -0.39 is 9.84 Å². The molecule has 2 saturated heterocycles. The normalized spacial score (nSPS) is 23.9. The first-order valence-electron chi connectivity index (χ1n) is 9.41. The minimum atomic E-state index is -3.08. The lowest BCUT2D eigenvalue weighted by Crippen LogP contribution is -2.37. The number of carbonyl (C=O) groups is 1. The van der Waals surface area contributed by atoms with Crippen LogP contribution in [0.15, 0.2) is 59.6 Å². The Morgan fingerprint density at radius 3 is 2.55 bits per heavy atom. The maximum atomic E-state index is 12.5. The minimum absolute atomic E-state index is 0.0773. The van der Waals surface area contributed by atoms with Crippen LogP contribution in [0.5, 0.6) is 5.75 Å². The third kappa shape index (κ3) is 4.48. The lowest BCUT2D eigenvalue weighted by molar-refractivity contribution is -0.117. The topological polar surface area (TPSA) is 76.0 Å². The third-order valence-corrected chi connectivity index (χ3v) is 8.32. The summed E-state index contributed by atoms with van der Waals surface area (Å²) >= 11 is 1.39. The van der Waals surface area contributed by atoms with Crippen molar-refractivity contribution >= 4 is 38.4 Å². The summed E-state index contributed by atoms with van der Waals surface area (Å²) in [5.74, 6) is 0.714. The Hall–Kier alpha value is -2.32. The Bertz CT molecular complexity index is 1020. The summed E-state index contributed by atoms with van der Waals surface area (Å²) in [6.45, 7) is 0. The van der Waals surface area contributed by atoms with Gasteiger partial charge < -0.3 is 9.64 Å². The van der Waals surface area contributed by atoms with Gasteiger partial charge in [0, 0.05) is 17.4 Å². The first-order chi connectivity index (χ1) is 13.9. The molecule has 2 fully saturated rings. The first kappa shape index (κ1) is 20.0. The largest absolute Gasteiger partial charge is 0.497 e. The molecule has 2 unspecified atom stereocenters. The molecule has 2 heterocycles. The molecule has 2 atom stereocenters. The SMILES string of the molecule is COc1ccc(N2C(=NC(=O)CCc3ccccc3)SC3CS(=O)(=O)CC32)cc1. The van der Waals surface area contributed by atoms with Gasteiger partial charge in [0.2, 0.25) is 5.91 Å². The number of aryl methyl sites for hydroxylation is 1. The molecular weight excluding hydrogens is 408 g/mol. The smallest absolute Gasteiger partial charge is 0.248 e. The first-order valence-corrected chi connectivity index (χ1v) is 12.1. The Morgan fingerprint density at radius 1 is 1.14 bits per heavy atom. The van der Waals surface area contributed by atoms with Gasteiger partial charge >= 0.3 is 0 Å². The molecule has 2 aromatic rings. The zero-order chi connectivity index (χ0) is 20.4. The molecule has 0 aromatic heterocycles. The van der Waals surface area contributed by atoms with Crippen molar-refractivity contribution in [1.82, 2.24) is 0 Å². The van der Waals surface area contributed by atoms with Crippen molar-refractivity contribution in [2.75, 3.05) is 23.5 Å². The average molecular weight is 431 g/mol. The zero-order valence-corrected chi connectivity index (χ0v) is 17.7. The van der Waals surface area contributed by atoms with Gasteiger partial charge in [-0.05, 0) is 36.2 Å². The van der Waals surface area contributed by atoms with Gasteiger partial charge in [0.1, 0.15) is 5.75 Å². The van der Waals surface area contributed by atoms with Gasteiger partial charge in [0.15, 0.2) is 15.0 Å². The molecule has 0 saturated carbocycles. The van der Waals surface area contributed by atoms with Crippen LogP contribution in [-0.2, 0) is 21.1 Å². The highest BCUT2D eigenvalue weighted by Crippen LogP contribution is 2.41. The van der Waals surface area contributed by atoms with Crippen LogP contribution in [0.25, 0.3) is 0 Å². The van der Waals surface area contributed by atoms with Gasteiger partial charge in [-0.2, -0.15) is 4.99 Å². The highest BCUT2D eigenvalue weighted by molar-refractivity contribution is 8.16. The number of anilines is 1. The lowest BCUT2D eigenvalue weighted by atomic mass is 10.1. The number of hydrogen-bond acceptors (Lipinski definition) is 5. The molecule has 2 aliphatic rings.